The quantitative estimate of drug-likeness (QED) is 0.334. The molecule has 0 saturated heterocycles. The van der Waals surface area contributed by atoms with Crippen LogP contribution in [-0.2, 0) is 4.43 Å². The normalized spacial score (nSPS) is 13.8. The van der Waals surface area contributed by atoms with Crippen molar-refractivity contribution in [3.8, 4) is 0 Å². The van der Waals surface area contributed by atoms with Gasteiger partial charge in [0.1, 0.15) is 0 Å². The van der Waals surface area contributed by atoms with Gasteiger partial charge in [0.25, 0.3) is 0 Å². The molecule has 2 aromatic rings. The molecular weight excluding hydrogens is 362 g/mol. The molecule has 0 fully saturated rings. The Morgan fingerprint density at radius 3 is 2.32 bits per heavy atom. The Bertz CT molecular complexity index is 804. The van der Waals surface area contributed by atoms with Gasteiger partial charge in [-0.1, -0.05) is 78.4 Å². The zero-order valence-corrected chi connectivity index (χ0v) is 19.7. The van der Waals surface area contributed by atoms with Gasteiger partial charge in [0.05, 0.1) is 6.10 Å². The maximum absolute atomic E-state index is 11.7. The highest BCUT2D eigenvalue weighted by Crippen LogP contribution is 2.41. The van der Waals surface area contributed by atoms with Crippen LogP contribution in [0.1, 0.15) is 84.3 Å². The van der Waals surface area contributed by atoms with Gasteiger partial charge in [-0.15, -0.1) is 0 Å². The standard InChI is InChI=1S/C24H39NO2Si/c1-7-8-9-10-11-12-13-22(27-28(5,6)24(2,3)4)20-15-14-19-16-17-23(26)25-21(19)18-20/h14-18,22H,7-13H2,1-6H3,(H,25,26). The number of unbranched alkanes of at least 4 members (excludes halogenated alkanes) is 5. The van der Waals surface area contributed by atoms with Crippen molar-refractivity contribution in [1.29, 1.82) is 0 Å². The third-order valence-electron chi connectivity index (χ3n) is 6.18. The van der Waals surface area contributed by atoms with E-state index in [0.717, 1.165) is 17.3 Å². The van der Waals surface area contributed by atoms with E-state index in [1.54, 1.807) is 6.07 Å². The number of rotatable bonds is 10. The minimum Gasteiger partial charge on any atom is -0.410 e. The van der Waals surface area contributed by atoms with E-state index in [1.165, 1.54) is 44.1 Å². The molecule has 1 aromatic heterocycles. The number of pyridine rings is 1. The minimum absolute atomic E-state index is 0.0533. The van der Waals surface area contributed by atoms with Crippen LogP contribution in [-0.4, -0.2) is 13.3 Å². The molecule has 0 aliphatic rings. The first kappa shape index (κ1) is 22.9. The van der Waals surface area contributed by atoms with Crippen LogP contribution in [0.3, 0.4) is 0 Å². The first-order valence-electron chi connectivity index (χ1n) is 10.9. The molecule has 1 aromatic carbocycles. The van der Waals surface area contributed by atoms with Crippen LogP contribution in [0.15, 0.2) is 35.1 Å². The van der Waals surface area contributed by atoms with E-state index in [4.69, 9.17) is 4.43 Å². The summed E-state index contributed by atoms with van der Waals surface area (Å²) in [4.78, 5) is 14.7. The van der Waals surface area contributed by atoms with Crippen LogP contribution in [0.25, 0.3) is 10.9 Å². The van der Waals surface area contributed by atoms with Crippen molar-refractivity contribution < 1.29 is 4.43 Å². The Morgan fingerprint density at radius 1 is 1.00 bits per heavy atom. The Hall–Kier alpha value is -1.39. The molecule has 1 heterocycles. The van der Waals surface area contributed by atoms with E-state index >= 15 is 0 Å². The molecule has 28 heavy (non-hydrogen) atoms. The van der Waals surface area contributed by atoms with Crippen molar-refractivity contribution in [2.24, 2.45) is 0 Å². The van der Waals surface area contributed by atoms with Gasteiger partial charge in [0, 0.05) is 11.6 Å². The van der Waals surface area contributed by atoms with Crippen LogP contribution >= 0.6 is 0 Å². The summed E-state index contributed by atoms with van der Waals surface area (Å²) in [5, 5.41) is 1.24. The van der Waals surface area contributed by atoms with E-state index in [0.29, 0.717) is 0 Å². The summed E-state index contributed by atoms with van der Waals surface area (Å²) in [6.45, 7) is 13.8. The maximum Gasteiger partial charge on any atom is 0.248 e. The average molecular weight is 402 g/mol. The predicted molar refractivity (Wildman–Crippen MR) is 124 cm³/mol. The Balaban J connectivity index is 2.20. The van der Waals surface area contributed by atoms with Crippen molar-refractivity contribution in [2.45, 2.75) is 96.9 Å². The van der Waals surface area contributed by atoms with Crippen molar-refractivity contribution in [3.05, 3.63) is 46.2 Å². The van der Waals surface area contributed by atoms with Gasteiger partial charge in [-0.25, -0.2) is 0 Å². The van der Waals surface area contributed by atoms with E-state index in [1.807, 2.05) is 6.07 Å². The lowest BCUT2D eigenvalue weighted by Crippen LogP contribution is -2.41. The molecule has 0 spiro atoms. The SMILES string of the molecule is CCCCCCCCC(O[Si](C)(C)C(C)(C)C)c1ccc2ccc(=O)[nH]c2c1. The fourth-order valence-electron chi connectivity index (χ4n) is 3.30. The van der Waals surface area contributed by atoms with Crippen molar-refractivity contribution in [2.75, 3.05) is 0 Å². The number of H-pyrrole nitrogens is 1. The number of aromatic amines is 1. The van der Waals surface area contributed by atoms with Crippen molar-refractivity contribution in [3.63, 3.8) is 0 Å². The highest BCUT2D eigenvalue weighted by Gasteiger charge is 2.39. The molecule has 1 unspecified atom stereocenters. The second-order valence-corrected chi connectivity index (χ2v) is 14.3. The number of hydrogen-bond acceptors (Lipinski definition) is 2. The van der Waals surface area contributed by atoms with Crippen LogP contribution in [0.5, 0.6) is 0 Å². The Kier molecular flexibility index (Phi) is 8.08. The smallest absolute Gasteiger partial charge is 0.248 e. The topological polar surface area (TPSA) is 42.1 Å². The third-order valence-corrected chi connectivity index (χ3v) is 10.7. The van der Waals surface area contributed by atoms with Crippen LogP contribution in [0.4, 0.5) is 0 Å². The maximum atomic E-state index is 11.7. The van der Waals surface area contributed by atoms with Crippen LogP contribution in [0, 0.1) is 0 Å². The molecule has 0 radical (unpaired) electrons. The van der Waals surface area contributed by atoms with E-state index in [2.05, 4.69) is 64.0 Å². The molecule has 0 aliphatic heterocycles. The number of aromatic nitrogens is 1. The third kappa shape index (κ3) is 6.31. The summed E-state index contributed by atoms with van der Waals surface area (Å²) in [7, 11) is -1.88. The largest absolute Gasteiger partial charge is 0.410 e. The molecule has 4 heteroatoms. The summed E-state index contributed by atoms with van der Waals surface area (Å²) in [5.74, 6) is 0. The lowest BCUT2D eigenvalue weighted by atomic mass is 10.0. The van der Waals surface area contributed by atoms with E-state index in [-0.39, 0.29) is 16.7 Å². The molecule has 0 saturated carbocycles. The second kappa shape index (κ2) is 9.88. The van der Waals surface area contributed by atoms with Gasteiger partial charge < -0.3 is 9.41 Å². The predicted octanol–water partition coefficient (Wildman–Crippen LogP) is 7.34. The van der Waals surface area contributed by atoms with E-state index < -0.39 is 8.32 Å². The second-order valence-electron chi connectivity index (χ2n) is 9.59. The monoisotopic (exact) mass is 401 g/mol. The highest BCUT2D eigenvalue weighted by atomic mass is 28.4. The first-order chi connectivity index (χ1) is 13.1. The van der Waals surface area contributed by atoms with E-state index in [9.17, 15) is 4.79 Å². The summed E-state index contributed by atoms with van der Waals surface area (Å²) in [6.07, 6.45) is 8.86. The van der Waals surface area contributed by atoms with Gasteiger partial charge in [-0.05, 0) is 47.6 Å². The molecule has 3 nitrogen and oxygen atoms in total. The summed E-state index contributed by atoms with van der Waals surface area (Å²) >= 11 is 0. The first-order valence-corrected chi connectivity index (χ1v) is 13.9. The van der Waals surface area contributed by atoms with Crippen LogP contribution in [0.2, 0.25) is 18.1 Å². The zero-order chi connectivity index (χ0) is 20.8. The Morgan fingerprint density at radius 2 is 1.64 bits per heavy atom. The molecule has 156 valence electrons. The fourth-order valence-corrected chi connectivity index (χ4v) is 4.62. The number of benzene rings is 1. The Labute approximate surface area is 172 Å². The summed E-state index contributed by atoms with van der Waals surface area (Å²) in [6, 6.07) is 9.86. The number of fused-ring (bicyclic) bond motifs is 1. The van der Waals surface area contributed by atoms with Crippen molar-refractivity contribution in [1.82, 2.24) is 4.98 Å². The summed E-state index contributed by atoms with van der Waals surface area (Å²) in [5.41, 5.74) is 2.03. The van der Waals surface area contributed by atoms with Gasteiger partial charge in [0.2, 0.25) is 5.56 Å². The molecule has 0 amide bonds. The highest BCUT2D eigenvalue weighted by molar-refractivity contribution is 6.74. The lowest BCUT2D eigenvalue weighted by molar-refractivity contribution is 0.169. The molecule has 1 atom stereocenters. The lowest BCUT2D eigenvalue weighted by Gasteiger charge is -2.39. The van der Waals surface area contributed by atoms with Gasteiger partial charge in [-0.2, -0.15) is 0 Å². The fraction of sp³-hybridized carbons (Fsp3) is 0.625. The van der Waals surface area contributed by atoms with Crippen molar-refractivity contribution >= 4 is 19.2 Å². The molecule has 0 aliphatic carbocycles. The molecular formula is C24H39NO2Si. The van der Waals surface area contributed by atoms with Gasteiger partial charge in [0.15, 0.2) is 8.32 Å². The molecule has 0 bridgehead atoms. The molecule has 2 rings (SSSR count). The summed E-state index contributed by atoms with van der Waals surface area (Å²) < 4.78 is 6.84. The molecule has 1 N–H and O–H groups in total. The minimum atomic E-state index is -1.88. The van der Waals surface area contributed by atoms with Crippen LogP contribution < -0.4 is 5.56 Å². The number of nitrogens with one attached hydrogen (secondary N) is 1. The number of hydrogen-bond donors (Lipinski definition) is 1. The zero-order valence-electron chi connectivity index (χ0n) is 18.7. The van der Waals surface area contributed by atoms with Gasteiger partial charge in [-0.3, -0.25) is 4.79 Å². The van der Waals surface area contributed by atoms with Gasteiger partial charge >= 0.3 is 0 Å². The average Bonchev–Trinajstić information content (AvgIpc) is 2.62.